The predicted octanol–water partition coefficient (Wildman–Crippen LogP) is 4.72. The van der Waals surface area contributed by atoms with Crippen molar-refractivity contribution in [3.05, 3.63) is 77.6 Å². The van der Waals surface area contributed by atoms with E-state index in [2.05, 4.69) is 15.3 Å². The minimum absolute atomic E-state index is 0.0760. The molecule has 3 aromatic rings. The lowest BCUT2D eigenvalue weighted by molar-refractivity contribution is -0.145. The van der Waals surface area contributed by atoms with Crippen molar-refractivity contribution in [1.82, 2.24) is 19.6 Å². The minimum atomic E-state index is -4.64. The first kappa shape index (κ1) is 27.6. The second kappa shape index (κ2) is 10.8. The number of amides is 1. The van der Waals surface area contributed by atoms with Gasteiger partial charge in [-0.2, -0.15) is 17.5 Å². The van der Waals surface area contributed by atoms with Crippen molar-refractivity contribution in [2.75, 3.05) is 0 Å². The zero-order valence-corrected chi connectivity index (χ0v) is 21.5. The number of hydrogen-bond donors (Lipinski definition) is 1. The first-order chi connectivity index (χ1) is 17.9. The number of rotatable bonds is 7. The SMILES string of the molecule is CCc1ccc(CNC(=O)C2CCC(C)N2S(=O)(=O)c2ccc(F)cc2)cc1-c1cnc(C(F)(F)F)nc1. The second-order valence-electron chi connectivity index (χ2n) is 9.09. The topological polar surface area (TPSA) is 92.3 Å². The van der Waals surface area contributed by atoms with E-state index < -0.39 is 45.8 Å². The highest BCUT2D eigenvalue weighted by molar-refractivity contribution is 7.89. The Balaban J connectivity index is 1.52. The monoisotopic (exact) mass is 550 g/mol. The van der Waals surface area contributed by atoms with Gasteiger partial charge in [-0.05, 0) is 73.2 Å². The molecule has 1 fully saturated rings. The molecule has 1 aromatic heterocycles. The molecule has 12 heteroatoms. The van der Waals surface area contributed by atoms with E-state index in [1.54, 1.807) is 19.1 Å². The normalized spacial score (nSPS) is 18.5. The van der Waals surface area contributed by atoms with Gasteiger partial charge in [-0.25, -0.2) is 22.8 Å². The third kappa shape index (κ3) is 5.70. The van der Waals surface area contributed by atoms with Crippen LogP contribution in [-0.4, -0.2) is 40.7 Å². The standard InChI is InChI=1S/C26H26F4N4O3S/c1-3-18-6-5-17(12-22(18)19-14-32-25(33-15-19)26(28,29)30)13-31-24(35)23-11-4-16(2)34(23)38(36,37)21-9-7-20(27)8-10-21/h5-10,12,14-16,23H,3-4,11,13H2,1-2H3,(H,31,35). The summed E-state index contributed by atoms with van der Waals surface area (Å²) in [5.41, 5.74) is 2.58. The van der Waals surface area contributed by atoms with Gasteiger partial charge in [-0.3, -0.25) is 4.79 Å². The van der Waals surface area contributed by atoms with E-state index in [1.807, 2.05) is 13.0 Å². The number of aromatic nitrogens is 2. The lowest BCUT2D eigenvalue weighted by atomic mass is 9.97. The van der Waals surface area contributed by atoms with E-state index in [9.17, 15) is 30.8 Å². The molecule has 2 unspecified atom stereocenters. The van der Waals surface area contributed by atoms with Crippen molar-refractivity contribution in [2.24, 2.45) is 0 Å². The second-order valence-corrected chi connectivity index (χ2v) is 10.9. The van der Waals surface area contributed by atoms with Crippen molar-refractivity contribution in [3.8, 4) is 11.1 Å². The van der Waals surface area contributed by atoms with Crippen LogP contribution in [0.3, 0.4) is 0 Å². The van der Waals surface area contributed by atoms with Crippen molar-refractivity contribution >= 4 is 15.9 Å². The summed E-state index contributed by atoms with van der Waals surface area (Å²) in [6.45, 7) is 3.70. The molecule has 4 rings (SSSR count). The van der Waals surface area contributed by atoms with Crippen LogP contribution in [0.4, 0.5) is 17.6 Å². The van der Waals surface area contributed by atoms with Gasteiger partial charge in [-0.15, -0.1) is 0 Å². The summed E-state index contributed by atoms with van der Waals surface area (Å²) in [5, 5.41) is 2.78. The Bertz CT molecular complexity index is 1410. The molecule has 2 aromatic carbocycles. The fraction of sp³-hybridized carbons (Fsp3) is 0.346. The van der Waals surface area contributed by atoms with E-state index in [-0.39, 0.29) is 11.4 Å². The molecule has 0 radical (unpaired) electrons. The maximum Gasteiger partial charge on any atom is 0.451 e. The molecule has 202 valence electrons. The third-order valence-corrected chi connectivity index (χ3v) is 8.57. The van der Waals surface area contributed by atoms with Gasteiger partial charge in [0.2, 0.25) is 21.8 Å². The van der Waals surface area contributed by atoms with Crippen molar-refractivity contribution in [1.29, 1.82) is 0 Å². The molecule has 1 amide bonds. The fourth-order valence-corrected chi connectivity index (χ4v) is 6.41. The highest BCUT2D eigenvalue weighted by atomic mass is 32.2. The first-order valence-electron chi connectivity index (χ1n) is 12.0. The number of aryl methyl sites for hydroxylation is 1. The zero-order chi connectivity index (χ0) is 27.7. The Hall–Kier alpha value is -3.38. The van der Waals surface area contributed by atoms with Gasteiger partial charge in [0.25, 0.3) is 0 Å². The zero-order valence-electron chi connectivity index (χ0n) is 20.7. The number of carbonyl (C=O) groups excluding carboxylic acids is 1. The van der Waals surface area contributed by atoms with Crippen LogP contribution in [0.2, 0.25) is 0 Å². The Morgan fingerprint density at radius 2 is 1.74 bits per heavy atom. The lowest BCUT2D eigenvalue weighted by Gasteiger charge is -2.27. The number of nitrogens with one attached hydrogen (secondary N) is 1. The number of halogens is 4. The van der Waals surface area contributed by atoms with Crippen LogP contribution in [0.1, 0.15) is 43.6 Å². The summed E-state index contributed by atoms with van der Waals surface area (Å²) in [5.74, 6) is -2.27. The number of benzene rings is 2. The summed E-state index contributed by atoms with van der Waals surface area (Å²) < 4.78 is 79.5. The molecule has 1 saturated heterocycles. The van der Waals surface area contributed by atoms with E-state index in [1.165, 1.54) is 16.4 Å². The number of alkyl halides is 3. The Morgan fingerprint density at radius 3 is 2.34 bits per heavy atom. The minimum Gasteiger partial charge on any atom is -0.351 e. The summed E-state index contributed by atoms with van der Waals surface area (Å²) in [4.78, 5) is 19.9. The van der Waals surface area contributed by atoms with Crippen LogP contribution in [0.25, 0.3) is 11.1 Å². The average molecular weight is 551 g/mol. The highest BCUT2D eigenvalue weighted by Crippen LogP contribution is 2.32. The van der Waals surface area contributed by atoms with Crippen molar-refractivity contribution in [2.45, 2.75) is 62.8 Å². The lowest BCUT2D eigenvalue weighted by Crippen LogP contribution is -2.48. The molecule has 0 spiro atoms. The van der Waals surface area contributed by atoms with Crippen LogP contribution in [0.15, 0.2) is 59.8 Å². The highest BCUT2D eigenvalue weighted by Gasteiger charge is 2.43. The predicted molar refractivity (Wildman–Crippen MR) is 132 cm³/mol. The maximum absolute atomic E-state index is 13.3. The van der Waals surface area contributed by atoms with E-state index in [4.69, 9.17) is 0 Å². The molecule has 7 nitrogen and oxygen atoms in total. The third-order valence-electron chi connectivity index (χ3n) is 6.53. The molecule has 1 aliphatic rings. The maximum atomic E-state index is 13.3. The Kier molecular flexibility index (Phi) is 7.84. The average Bonchev–Trinajstić information content (AvgIpc) is 3.29. The van der Waals surface area contributed by atoms with Gasteiger partial charge in [0.15, 0.2) is 0 Å². The van der Waals surface area contributed by atoms with Crippen LogP contribution >= 0.6 is 0 Å². The Labute approximate surface area is 218 Å². The number of sulfonamides is 1. The summed E-state index contributed by atoms with van der Waals surface area (Å²) in [6.07, 6.45) is -0.985. The number of hydrogen-bond acceptors (Lipinski definition) is 5. The molecule has 0 bridgehead atoms. The van der Waals surface area contributed by atoms with Crippen LogP contribution in [0, 0.1) is 5.82 Å². The molecule has 1 aliphatic heterocycles. The largest absolute Gasteiger partial charge is 0.451 e. The molecule has 2 heterocycles. The van der Waals surface area contributed by atoms with E-state index in [0.29, 0.717) is 36.0 Å². The molecule has 2 atom stereocenters. The van der Waals surface area contributed by atoms with Crippen molar-refractivity contribution in [3.63, 3.8) is 0 Å². The van der Waals surface area contributed by atoms with Crippen LogP contribution in [-0.2, 0) is 34.0 Å². The van der Waals surface area contributed by atoms with Crippen LogP contribution < -0.4 is 5.32 Å². The summed E-state index contributed by atoms with van der Waals surface area (Å²) >= 11 is 0. The fourth-order valence-electron chi connectivity index (χ4n) is 4.57. The molecule has 0 saturated carbocycles. The van der Waals surface area contributed by atoms with Gasteiger partial charge >= 0.3 is 6.18 Å². The van der Waals surface area contributed by atoms with E-state index in [0.717, 1.165) is 30.1 Å². The van der Waals surface area contributed by atoms with Gasteiger partial charge in [0.1, 0.15) is 11.9 Å². The smallest absolute Gasteiger partial charge is 0.351 e. The molecule has 0 aliphatic carbocycles. The quantitative estimate of drug-likeness (QED) is 0.430. The van der Waals surface area contributed by atoms with Crippen molar-refractivity contribution < 1.29 is 30.8 Å². The molecule has 38 heavy (non-hydrogen) atoms. The number of carbonyl (C=O) groups is 1. The van der Waals surface area contributed by atoms with Gasteiger partial charge < -0.3 is 5.32 Å². The molecular weight excluding hydrogens is 524 g/mol. The molecular formula is C26H26F4N4O3S. The number of nitrogens with zero attached hydrogens (tertiary/aromatic N) is 3. The van der Waals surface area contributed by atoms with Gasteiger partial charge in [0.05, 0.1) is 4.90 Å². The summed E-state index contributed by atoms with van der Waals surface area (Å²) in [7, 11) is -4.04. The first-order valence-corrected chi connectivity index (χ1v) is 13.4. The van der Waals surface area contributed by atoms with Gasteiger partial charge in [-0.1, -0.05) is 19.1 Å². The van der Waals surface area contributed by atoms with Crippen LogP contribution in [0.5, 0.6) is 0 Å². The summed E-state index contributed by atoms with van der Waals surface area (Å²) in [6, 6.07) is 8.46. The van der Waals surface area contributed by atoms with Gasteiger partial charge in [0, 0.05) is 30.5 Å². The van der Waals surface area contributed by atoms with E-state index >= 15 is 0 Å². The molecule has 1 N–H and O–H groups in total. The Morgan fingerprint density at radius 1 is 1.08 bits per heavy atom.